The number of aryl methyl sites for hydroxylation is 1. The molecule has 0 fully saturated rings. The number of rotatable bonds is 8. The zero-order valence-corrected chi connectivity index (χ0v) is 11.9. The number of carbonyl (C=O) groups is 2. The van der Waals surface area contributed by atoms with Gasteiger partial charge in [-0.1, -0.05) is 38.0 Å². The van der Waals surface area contributed by atoms with Gasteiger partial charge in [-0.2, -0.15) is 0 Å². The van der Waals surface area contributed by atoms with E-state index in [0.29, 0.717) is 19.3 Å². The van der Waals surface area contributed by atoms with Crippen LogP contribution in [0.4, 0.5) is 5.69 Å². The average molecular weight is 261 g/mol. The van der Waals surface area contributed by atoms with Gasteiger partial charge < -0.3 is 10.1 Å². The number of unbranched alkanes of at least 4 members (excludes halogenated alkanes) is 2. The SMILES string of the molecule is CCCCCC(=O)Nc1ccccc1CCC(C)=O. The van der Waals surface area contributed by atoms with E-state index in [-0.39, 0.29) is 11.7 Å². The highest BCUT2D eigenvalue weighted by atomic mass is 16.1. The Bertz CT molecular complexity index is 427. The van der Waals surface area contributed by atoms with Gasteiger partial charge in [0.05, 0.1) is 0 Å². The van der Waals surface area contributed by atoms with Gasteiger partial charge in [-0.15, -0.1) is 0 Å². The summed E-state index contributed by atoms with van der Waals surface area (Å²) in [4.78, 5) is 22.8. The van der Waals surface area contributed by atoms with Crippen LogP contribution >= 0.6 is 0 Å². The van der Waals surface area contributed by atoms with Gasteiger partial charge >= 0.3 is 0 Å². The standard InChI is InChI=1S/C16H23NO2/c1-3-4-5-10-16(19)17-15-9-7-6-8-14(15)12-11-13(2)18/h6-9H,3-5,10-12H2,1-2H3,(H,17,19). The number of nitrogens with one attached hydrogen (secondary N) is 1. The van der Waals surface area contributed by atoms with Gasteiger partial charge in [0.1, 0.15) is 5.78 Å². The average Bonchev–Trinajstić information content (AvgIpc) is 2.38. The molecule has 3 heteroatoms. The number of benzene rings is 1. The second-order valence-corrected chi connectivity index (χ2v) is 4.86. The van der Waals surface area contributed by atoms with E-state index in [1.165, 1.54) is 0 Å². The highest BCUT2D eigenvalue weighted by Gasteiger charge is 2.07. The molecule has 1 aromatic rings. The van der Waals surface area contributed by atoms with Crippen LogP contribution in [0.2, 0.25) is 0 Å². The zero-order valence-electron chi connectivity index (χ0n) is 11.9. The van der Waals surface area contributed by atoms with Crippen LogP contribution in [-0.2, 0) is 16.0 Å². The molecule has 0 bridgehead atoms. The van der Waals surface area contributed by atoms with Crippen LogP contribution in [-0.4, -0.2) is 11.7 Å². The first-order valence-electron chi connectivity index (χ1n) is 7.00. The summed E-state index contributed by atoms with van der Waals surface area (Å²) in [6.45, 7) is 3.71. The molecule has 3 nitrogen and oxygen atoms in total. The van der Waals surface area contributed by atoms with Gasteiger partial charge in [0, 0.05) is 18.5 Å². The summed E-state index contributed by atoms with van der Waals surface area (Å²) in [5, 5.41) is 2.94. The van der Waals surface area contributed by atoms with Crippen molar-refractivity contribution in [2.24, 2.45) is 0 Å². The Balaban J connectivity index is 2.56. The van der Waals surface area contributed by atoms with Gasteiger partial charge in [0.2, 0.25) is 5.91 Å². The normalized spacial score (nSPS) is 10.2. The third kappa shape index (κ3) is 6.18. The van der Waals surface area contributed by atoms with Crippen molar-refractivity contribution in [3.63, 3.8) is 0 Å². The quantitative estimate of drug-likeness (QED) is 0.725. The third-order valence-corrected chi connectivity index (χ3v) is 3.05. The molecule has 1 aromatic carbocycles. The van der Waals surface area contributed by atoms with Crippen LogP contribution in [0.3, 0.4) is 0 Å². The van der Waals surface area contributed by atoms with Gasteiger partial charge in [0.25, 0.3) is 0 Å². The van der Waals surface area contributed by atoms with Crippen LogP contribution < -0.4 is 5.32 Å². The molecule has 0 atom stereocenters. The smallest absolute Gasteiger partial charge is 0.224 e. The van der Waals surface area contributed by atoms with Crippen LogP contribution in [0.5, 0.6) is 0 Å². The Hall–Kier alpha value is -1.64. The molecule has 1 amide bonds. The van der Waals surface area contributed by atoms with Crippen molar-refractivity contribution in [1.29, 1.82) is 0 Å². The van der Waals surface area contributed by atoms with Gasteiger partial charge in [-0.3, -0.25) is 4.79 Å². The van der Waals surface area contributed by atoms with E-state index in [1.54, 1.807) is 6.92 Å². The summed E-state index contributed by atoms with van der Waals surface area (Å²) in [6.07, 6.45) is 4.89. The summed E-state index contributed by atoms with van der Waals surface area (Å²) in [7, 11) is 0. The fraction of sp³-hybridized carbons (Fsp3) is 0.500. The minimum Gasteiger partial charge on any atom is -0.326 e. The van der Waals surface area contributed by atoms with Crippen LogP contribution in [0.15, 0.2) is 24.3 Å². The predicted molar refractivity (Wildman–Crippen MR) is 78.2 cm³/mol. The lowest BCUT2D eigenvalue weighted by Gasteiger charge is -2.10. The largest absolute Gasteiger partial charge is 0.326 e. The Labute approximate surface area is 115 Å². The first-order valence-corrected chi connectivity index (χ1v) is 7.00. The molecule has 0 heterocycles. The molecular formula is C16H23NO2. The van der Waals surface area contributed by atoms with Crippen molar-refractivity contribution < 1.29 is 9.59 Å². The minimum atomic E-state index is 0.0590. The molecule has 0 aliphatic rings. The Morgan fingerprint density at radius 2 is 1.84 bits per heavy atom. The summed E-state index contributed by atoms with van der Waals surface area (Å²) in [6, 6.07) is 7.69. The molecule has 0 unspecified atom stereocenters. The first-order chi connectivity index (χ1) is 9.13. The molecule has 1 N–H and O–H groups in total. The number of ketones is 1. The van der Waals surface area contributed by atoms with E-state index in [2.05, 4.69) is 12.2 Å². The van der Waals surface area contributed by atoms with Gasteiger partial charge in [0.15, 0.2) is 0 Å². The van der Waals surface area contributed by atoms with Crippen molar-refractivity contribution in [3.05, 3.63) is 29.8 Å². The number of anilines is 1. The lowest BCUT2D eigenvalue weighted by atomic mass is 10.1. The fourth-order valence-corrected chi connectivity index (χ4v) is 1.92. The van der Waals surface area contributed by atoms with Gasteiger partial charge in [-0.25, -0.2) is 0 Å². The lowest BCUT2D eigenvalue weighted by Crippen LogP contribution is -2.12. The lowest BCUT2D eigenvalue weighted by molar-refractivity contribution is -0.117. The number of para-hydroxylation sites is 1. The summed E-state index contributed by atoms with van der Waals surface area (Å²) >= 11 is 0. The first kappa shape index (κ1) is 15.4. The van der Waals surface area contributed by atoms with Crippen molar-refractivity contribution in [1.82, 2.24) is 0 Å². The summed E-state index contributed by atoms with van der Waals surface area (Å²) in [5.74, 6) is 0.229. The number of hydrogen-bond donors (Lipinski definition) is 1. The highest BCUT2D eigenvalue weighted by Crippen LogP contribution is 2.17. The van der Waals surface area contributed by atoms with E-state index in [1.807, 2.05) is 24.3 Å². The maximum absolute atomic E-state index is 11.8. The summed E-state index contributed by atoms with van der Waals surface area (Å²) < 4.78 is 0. The fourth-order valence-electron chi connectivity index (χ4n) is 1.92. The molecule has 104 valence electrons. The molecule has 0 aliphatic carbocycles. The number of Topliss-reactive ketones (excluding diaryl/α,β-unsaturated/α-hetero) is 1. The molecular weight excluding hydrogens is 238 g/mol. The monoisotopic (exact) mass is 261 g/mol. The molecule has 0 saturated heterocycles. The highest BCUT2D eigenvalue weighted by molar-refractivity contribution is 5.91. The third-order valence-electron chi connectivity index (χ3n) is 3.05. The van der Waals surface area contributed by atoms with Gasteiger partial charge in [-0.05, 0) is 31.4 Å². The van der Waals surface area contributed by atoms with E-state index in [9.17, 15) is 9.59 Å². The number of carbonyl (C=O) groups excluding carboxylic acids is 2. The Kier molecular flexibility index (Phi) is 6.86. The Morgan fingerprint density at radius 3 is 2.53 bits per heavy atom. The molecule has 19 heavy (non-hydrogen) atoms. The molecule has 0 saturated carbocycles. The zero-order chi connectivity index (χ0) is 14.1. The maximum Gasteiger partial charge on any atom is 0.224 e. The van der Waals surface area contributed by atoms with E-state index < -0.39 is 0 Å². The maximum atomic E-state index is 11.8. The number of hydrogen-bond acceptors (Lipinski definition) is 2. The Morgan fingerprint density at radius 1 is 1.11 bits per heavy atom. The summed E-state index contributed by atoms with van der Waals surface area (Å²) in [5.41, 5.74) is 1.87. The van der Waals surface area contributed by atoms with Crippen molar-refractivity contribution in [2.75, 3.05) is 5.32 Å². The van der Waals surface area contributed by atoms with E-state index >= 15 is 0 Å². The van der Waals surface area contributed by atoms with Crippen LogP contribution in [0.1, 0.15) is 51.5 Å². The molecule has 0 radical (unpaired) electrons. The van der Waals surface area contributed by atoms with Crippen molar-refractivity contribution in [3.8, 4) is 0 Å². The molecule has 1 rings (SSSR count). The predicted octanol–water partition coefficient (Wildman–Crippen LogP) is 3.73. The molecule has 0 aromatic heterocycles. The van der Waals surface area contributed by atoms with Crippen LogP contribution in [0.25, 0.3) is 0 Å². The molecule has 0 aliphatic heterocycles. The van der Waals surface area contributed by atoms with E-state index in [4.69, 9.17) is 0 Å². The van der Waals surface area contributed by atoms with Crippen LogP contribution in [0, 0.1) is 0 Å². The second kappa shape index (κ2) is 8.46. The second-order valence-electron chi connectivity index (χ2n) is 4.86. The molecule has 0 spiro atoms. The topological polar surface area (TPSA) is 46.2 Å². The van der Waals surface area contributed by atoms with E-state index in [0.717, 1.165) is 30.5 Å². The minimum absolute atomic E-state index is 0.0590. The van der Waals surface area contributed by atoms with Crippen molar-refractivity contribution >= 4 is 17.4 Å². The number of amides is 1. The van der Waals surface area contributed by atoms with Crippen molar-refractivity contribution in [2.45, 2.75) is 52.4 Å².